The molecular weight excluding hydrogens is 318 g/mol. The number of carbonyl (C=O) groups excluding carboxylic acids is 1. The van der Waals surface area contributed by atoms with E-state index in [9.17, 15) is 4.79 Å². The first-order valence-electron chi connectivity index (χ1n) is 9.70. The molecule has 6 heteroatoms. The van der Waals surface area contributed by atoms with Crippen molar-refractivity contribution in [2.45, 2.75) is 63.1 Å². The van der Waals surface area contributed by atoms with Crippen LogP contribution < -0.4 is 0 Å². The lowest BCUT2D eigenvalue weighted by atomic mass is 9.89. The van der Waals surface area contributed by atoms with Crippen LogP contribution in [0.2, 0.25) is 0 Å². The number of aromatic nitrogens is 2. The number of carbonyl (C=O) groups is 1. The molecule has 4 atom stereocenters. The number of rotatable bonds is 3. The predicted octanol–water partition coefficient (Wildman–Crippen LogP) is 2.98. The maximum Gasteiger partial charge on any atom is 0.245 e. The maximum atomic E-state index is 12.8. The smallest absolute Gasteiger partial charge is 0.245 e. The molecule has 6 nitrogen and oxygen atoms in total. The molecule has 0 aromatic carbocycles. The van der Waals surface area contributed by atoms with Crippen molar-refractivity contribution in [2.24, 2.45) is 11.8 Å². The van der Waals surface area contributed by atoms with Gasteiger partial charge in [0, 0.05) is 30.8 Å². The van der Waals surface area contributed by atoms with Crippen molar-refractivity contribution in [3.63, 3.8) is 0 Å². The summed E-state index contributed by atoms with van der Waals surface area (Å²) in [7, 11) is 0. The highest BCUT2D eigenvalue weighted by molar-refractivity contribution is 5.79. The number of hydrogen-bond donors (Lipinski definition) is 0. The van der Waals surface area contributed by atoms with Gasteiger partial charge < -0.3 is 14.1 Å². The van der Waals surface area contributed by atoms with Crippen LogP contribution in [0.1, 0.15) is 68.7 Å². The van der Waals surface area contributed by atoms with Gasteiger partial charge >= 0.3 is 0 Å². The summed E-state index contributed by atoms with van der Waals surface area (Å²) in [6, 6.07) is 0. The molecule has 2 saturated heterocycles. The first kappa shape index (κ1) is 15.6. The summed E-state index contributed by atoms with van der Waals surface area (Å²) < 4.78 is 12.0. The average Bonchev–Trinajstić information content (AvgIpc) is 3.23. The fourth-order valence-electron chi connectivity index (χ4n) is 4.46. The van der Waals surface area contributed by atoms with Crippen LogP contribution in [-0.2, 0) is 9.53 Å². The van der Waals surface area contributed by atoms with E-state index in [-0.39, 0.29) is 18.1 Å². The molecule has 134 valence electrons. The monoisotopic (exact) mass is 343 g/mol. The third-order valence-electron chi connectivity index (χ3n) is 6.11. The van der Waals surface area contributed by atoms with E-state index >= 15 is 0 Å². The largest absolute Gasteiger partial charge is 0.422 e. The number of ether oxygens (including phenoxy) is 1. The minimum atomic E-state index is -0.0948. The number of amides is 1. The Morgan fingerprint density at radius 1 is 1.12 bits per heavy atom. The Bertz CT molecular complexity index is 681. The van der Waals surface area contributed by atoms with Gasteiger partial charge in [0.2, 0.25) is 17.7 Å². The van der Waals surface area contributed by atoms with E-state index in [0.29, 0.717) is 23.6 Å². The van der Waals surface area contributed by atoms with Gasteiger partial charge in [-0.15, -0.1) is 10.2 Å². The second kappa shape index (κ2) is 6.24. The van der Waals surface area contributed by atoms with Crippen LogP contribution in [0.3, 0.4) is 0 Å². The van der Waals surface area contributed by atoms with Crippen molar-refractivity contribution in [1.82, 2.24) is 15.1 Å². The summed E-state index contributed by atoms with van der Waals surface area (Å²) in [6.07, 6.45) is 11.5. The van der Waals surface area contributed by atoms with Crippen molar-refractivity contribution >= 4 is 5.91 Å². The fourth-order valence-corrected chi connectivity index (χ4v) is 4.46. The Labute approximate surface area is 147 Å². The van der Waals surface area contributed by atoms with Crippen LogP contribution in [0.25, 0.3) is 0 Å². The third kappa shape index (κ3) is 3.01. The molecule has 0 spiro atoms. The van der Waals surface area contributed by atoms with Crippen molar-refractivity contribution in [2.75, 3.05) is 13.1 Å². The van der Waals surface area contributed by atoms with Crippen LogP contribution in [0.4, 0.5) is 0 Å². The Balaban J connectivity index is 1.22. The molecule has 1 aromatic heterocycles. The minimum Gasteiger partial charge on any atom is -0.422 e. The van der Waals surface area contributed by atoms with Crippen molar-refractivity contribution < 1.29 is 13.9 Å². The third-order valence-corrected chi connectivity index (χ3v) is 6.11. The van der Waals surface area contributed by atoms with Gasteiger partial charge in [0.05, 0.1) is 6.10 Å². The van der Waals surface area contributed by atoms with E-state index in [2.05, 4.69) is 27.2 Å². The van der Waals surface area contributed by atoms with Gasteiger partial charge in [-0.3, -0.25) is 4.79 Å². The lowest BCUT2D eigenvalue weighted by Crippen LogP contribution is -2.46. The Morgan fingerprint density at radius 2 is 2.00 bits per heavy atom. The normalized spacial score (nSPS) is 35.0. The molecule has 5 rings (SSSR count). The lowest BCUT2D eigenvalue weighted by molar-refractivity contribution is -0.139. The first-order chi connectivity index (χ1) is 12.3. The minimum absolute atomic E-state index is 0.0948. The molecule has 0 bridgehead atoms. The van der Waals surface area contributed by atoms with Crippen molar-refractivity contribution in [1.29, 1.82) is 0 Å². The zero-order chi connectivity index (χ0) is 16.8. The molecule has 4 aliphatic rings. The fraction of sp³-hybridized carbons (Fsp3) is 0.737. The summed E-state index contributed by atoms with van der Waals surface area (Å²) in [6.45, 7) is 1.62. The zero-order valence-electron chi connectivity index (χ0n) is 14.5. The van der Waals surface area contributed by atoms with Crippen LogP contribution in [0.5, 0.6) is 0 Å². The predicted molar refractivity (Wildman–Crippen MR) is 89.7 cm³/mol. The second-order valence-corrected chi connectivity index (χ2v) is 7.97. The van der Waals surface area contributed by atoms with Gasteiger partial charge in [0.15, 0.2) is 0 Å². The van der Waals surface area contributed by atoms with Crippen LogP contribution in [0, 0.1) is 11.8 Å². The summed E-state index contributed by atoms with van der Waals surface area (Å²) in [5, 5.41) is 8.39. The molecule has 3 heterocycles. The summed E-state index contributed by atoms with van der Waals surface area (Å²) in [5.41, 5.74) is 0. The van der Waals surface area contributed by atoms with Gasteiger partial charge in [0.1, 0.15) is 6.10 Å². The number of hydrogen-bond acceptors (Lipinski definition) is 5. The van der Waals surface area contributed by atoms with Crippen LogP contribution >= 0.6 is 0 Å². The molecule has 25 heavy (non-hydrogen) atoms. The molecule has 1 aromatic rings. The van der Waals surface area contributed by atoms with Gasteiger partial charge in [-0.25, -0.2) is 0 Å². The highest BCUT2D eigenvalue weighted by atomic mass is 16.5. The molecule has 2 aliphatic heterocycles. The van der Waals surface area contributed by atoms with Gasteiger partial charge in [-0.05, 0) is 44.9 Å². The molecular formula is C19H25N3O3. The van der Waals surface area contributed by atoms with Crippen LogP contribution in [-0.4, -0.2) is 40.2 Å². The Hall–Kier alpha value is -1.69. The molecule has 1 amide bonds. The topological polar surface area (TPSA) is 68.5 Å². The van der Waals surface area contributed by atoms with E-state index in [1.807, 2.05) is 0 Å². The lowest BCUT2D eigenvalue weighted by Gasteiger charge is -2.36. The number of piperidine rings is 1. The van der Waals surface area contributed by atoms with Crippen LogP contribution in [0.15, 0.2) is 16.6 Å². The zero-order valence-corrected chi connectivity index (χ0v) is 14.5. The average molecular weight is 343 g/mol. The second-order valence-electron chi connectivity index (χ2n) is 7.97. The molecule has 1 saturated carbocycles. The van der Waals surface area contributed by atoms with Gasteiger partial charge in [-0.1, -0.05) is 12.2 Å². The number of nitrogens with zero attached hydrogens (tertiary/aromatic N) is 3. The molecule has 2 aliphatic carbocycles. The molecule has 0 N–H and O–H groups in total. The van der Waals surface area contributed by atoms with E-state index in [1.165, 1.54) is 0 Å². The van der Waals surface area contributed by atoms with E-state index in [4.69, 9.17) is 9.15 Å². The first-order valence-corrected chi connectivity index (χ1v) is 9.70. The van der Waals surface area contributed by atoms with Crippen molar-refractivity contribution in [3.05, 3.63) is 23.9 Å². The highest BCUT2D eigenvalue weighted by Gasteiger charge is 2.43. The molecule has 0 radical (unpaired) electrons. The van der Waals surface area contributed by atoms with Crippen molar-refractivity contribution in [3.8, 4) is 0 Å². The number of likely N-dealkylation sites (tertiary alicyclic amines) is 1. The summed E-state index contributed by atoms with van der Waals surface area (Å²) in [4.78, 5) is 14.9. The highest BCUT2D eigenvalue weighted by Crippen LogP contribution is 2.43. The number of allylic oxidation sites excluding steroid dienone is 2. The Morgan fingerprint density at radius 3 is 2.80 bits per heavy atom. The van der Waals surface area contributed by atoms with E-state index in [1.54, 1.807) is 0 Å². The SMILES string of the molecule is O=C([C@H]1CC=CCC1)N1CC[C@@H]2O[C@@H](c3nnc(C4CC4)o3)C[C@H]2C1. The molecule has 0 unspecified atom stereocenters. The quantitative estimate of drug-likeness (QED) is 0.789. The van der Waals surface area contributed by atoms with Gasteiger partial charge in [-0.2, -0.15) is 0 Å². The van der Waals surface area contributed by atoms with E-state index < -0.39 is 0 Å². The maximum absolute atomic E-state index is 12.8. The standard InChI is InChI=1S/C19H25N3O3/c23-19(13-4-2-1-3-5-13)22-9-8-15-14(11-22)10-16(24-15)18-21-20-17(25-18)12-6-7-12/h1-2,12-16H,3-11H2/t13-,14-,15-,16+/m0/s1. The van der Waals surface area contributed by atoms with E-state index in [0.717, 1.165) is 63.9 Å². The molecule has 3 fully saturated rings. The summed E-state index contributed by atoms with van der Waals surface area (Å²) >= 11 is 0. The summed E-state index contributed by atoms with van der Waals surface area (Å²) in [5.74, 6) is 2.78. The van der Waals surface area contributed by atoms with Gasteiger partial charge in [0.25, 0.3) is 0 Å². The Kier molecular flexibility index (Phi) is 3.88. The number of fused-ring (bicyclic) bond motifs is 1.